The lowest BCUT2D eigenvalue weighted by atomic mass is 9.94. The molecule has 0 amide bonds. The van der Waals surface area contributed by atoms with Gasteiger partial charge in [0.15, 0.2) is 0 Å². The zero-order chi connectivity index (χ0) is 10.7. The van der Waals surface area contributed by atoms with E-state index >= 15 is 0 Å². The molecule has 0 spiro atoms. The third-order valence-corrected chi connectivity index (χ3v) is 2.94. The number of nitrogens with one attached hydrogen (secondary N) is 1. The van der Waals surface area contributed by atoms with Crippen LogP contribution in [0.1, 0.15) is 17.5 Å². The Morgan fingerprint density at radius 3 is 2.80 bits per heavy atom. The van der Waals surface area contributed by atoms with Gasteiger partial charge in [-0.05, 0) is 49.1 Å². The number of benzene rings is 1. The molecule has 2 N–H and O–H groups in total. The summed E-state index contributed by atoms with van der Waals surface area (Å²) in [5.41, 5.74) is 2.09. The molecule has 0 aromatic heterocycles. The van der Waals surface area contributed by atoms with Crippen LogP contribution in [0.5, 0.6) is 0 Å². The van der Waals surface area contributed by atoms with Gasteiger partial charge in [-0.3, -0.25) is 0 Å². The van der Waals surface area contributed by atoms with Crippen LogP contribution in [0.4, 0.5) is 4.39 Å². The third kappa shape index (κ3) is 2.55. The number of hydrogen-bond acceptors (Lipinski definition) is 2. The van der Waals surface area contributed by atoms with Gasteiger partial charge in [0.05, 0.1) is 0 Å². The summed E-state index contributed by atoms with van der Waals surface area (Å²) in [4.78, 5) is 0. The van der Waals surface area contributed by atoms with Crippen molar-refractivity contribution in [1.29, 1.82) is 0 Å². The summed E-state index contributed by atoms with van der Waals surface area (Å²) in [5.74, 6) is -0.189. The van der Waals surface area contributed by atoms with E-state index in [0.29, 0.717) is 12.5 Å². The highest BCUT2D eigenvalue weighted by molar-refractivity contribution is 5.29. The summed E-state index contributed by atoms with van der Waals surface area (Å²) >= 11 is 0. The van der Waals surface area contributed by atoms with E-state index in [-0.39, 0.29) is 12.4 Å². The fourth-order valence-electron chi connectivity index (χ4n) is 1.94. The van der Waals surface area contributed by atoms with Crippen molar-refractivity contribution in [1.82, 2.24) is 5.32 Å². The Bertz CT molecular complexity index is 336. The SMILES string of the molecule is OCCc1ccc(F)cc1CC1CCN1. The first-order valence-electron chi connectivity index (χ1n) is 5.41. The predicted molar refractivity (Wildman–Crippen MR) is 57.3 cm³/mol. The Morgan fingerprint density at radius 2 is 2.20 bits per heavy atom. The number of aliphatic hydroxyl groups excluding tert-OH is 1. The molecule has 1 fully saturated rings. The van der Waals surface area contributed by atoms with Crippen LogP contribution in [0.15, 0.2) is 18.2 Å². The van der Waals surface area contributed by atoms with E-state index in [2.05, 4.69) is 5.32 Å². The lowest BCUT2D eigenvalue weighted by Crippen LogP contribution is -2.44. The average Bonchev–Trinajstić information content (AvgIpc) is 2.16. The summed E-state index contributed by atoms with van der Waals surface area (Å²) in [6.07, 6.45) is 2.64. The second-order valence-corrected chi connectivity index (χ2v) is 4.03. The summed E-state index contributed by atoms with van der Waals surface area (Å²) in [7, 11) is 0. The Kier molecular flexibility index (Phi) is 3.34. The molecule has 0 saturated carbocycles. The standard InChI is InChI=1S/C12H16FNO/c13-11-2-1-9(4-6-15)10(7-11)8-12-3-5-14-12/h1-2,7,12,14-15H,3-6,8H2. The van der Waals surface area contributed by atoms with E-state index in [4.69, 9.17) is 5.11 Å². The molecular weight excluding hydrogens is 193 g/mol. The van der Waals surface area contributed by atoms with Crippen LogP contribution >= 0.6 is 0 Å². The van der Waals surface area contributed by atoms with Gasteiger partial charge in [0.1, 0.15) is 5.82 Å². The van der Waals surface area contributed by atoms with E-state index < -0.39 is 0 Å². The minimum Gasteiger partial charge on any atom is -0.396 e. The molecule has 15 heavy (non-hydrogen) atoms. The maximum atomic E-state index is 13.1. The monoisotopic (exact) mass is 209 g/mol. The number of rotatable bonds is 4. The van der Waals surface area contributed by atoms with Crippen molar-refractivity contribution in [2.75, 3.05) is 13.2 Å². The molecule has 3 heteroatoms. The van der Waals surface area contributed by atoms with Gasteiger partial charge in [-0.25, -0.2) is 4.39 Å². The third-order valence-electron chi connectivity index (χ3n) is 2.94. The molecule has 0 aliphatic carbocycles. The van der Waals surface area contributed by atoms with Crippen molar-refractivity contribution in [2.45, 2.75) is 25.3 Å². The molecule has 1 aliphatic rings. The van der Waals surface area contributed by atoms with Gasteiger partial charge in [-0.2, -0.15) is 0 Å². The number of halogens is 1. The van der Waals surface area contributed by atoms with Crippen molar-refractivity contribution in [3.63, 3.8) is 0 Å². The highest BCUT2D eigenvalue weighted by Gasteiger charge is 2.18. The first-order valence-corrected chi connectivity index (χ1v) is 5.41. The van der Waals surface area contributed by atoms with Gasteiger partial charge in [0.25, 0.3) is 0 Å². The fourth-order valence-corrected chi connectivity index (χ4v) is 1.94. The molecule has 2 rings (SSSR count). The Balaban J connectivity index is 2.13. The van der Waals surface area contributed by atoms with Crippen molar-refractivity contribution >= 4 is 0 Å². The van der Waals surface area contributed by atoms with Crippen molar-refractivity contribution < 1.29 is 9.50 Å². The van der Waals surface area contributed by atoms with Crippen molar-refractivity contribution in [3.8, 4) is 0 Å². The Hall–Kier alpha value is -0.930. The summed E-state index contributed by atoms with van der Waals surface area (Å²) in [6, 6.07) is 5.32. The van der Waals surface area contributed by atoms with Crippen molar-refractivity contribution in [3.05, 3.63) is 35.1 Å². The summed E-state index contributed by atoms with van der Waals surface area (Å²) in [6.45, 7) is 1.19. The first-order chi connectivity index (χ1) is 7.29. The van der Waals surface area contributed by atoms with Gasteiger partial charge in [0.2, 0.25) is 0 Å². The van der Waals surface area contributed by atoms with E-state index in [9.17, 15) is 4.39 Å². The minimum absolute atomic E-state index is 0.122. The maximum absolute atomic E-state index is 13.1. The Morgan fingerprint density at radius 1 is 1.40 bits per heavy atom. The topological polar surface area (TPSA) is 32.3 Å². The molecule has 1 aliphatic heterocycles. The lowest BCUT2D eigenvalue weighted by Gasteiger charge is -2.28. The second-order valence-electron chi connectivity index (χ2n) is 4.03. The molecule has 1 unspecified atom stereocenters. The van der Waals surface area contributed by atoms with Crippen molar-refractivity contribution in [2.24, 2.45) is 0 Å². The van der Waals surface area contributed by atoms with Gasteiger partial charge >= 0.3 is 0 Å². The van der Waals surface area contributed by atoms with Gasteiger partial charge < -0.3 is 10.4 Å². The van der Waals surface area contributed by atoms with Crippen LogP contribution in [0.2, 0.25) is 0 Å². The van der Waals surface area contributed by atoms with Crippen LogP contribution in [0, 0.1) is 5.82 Å². The van der Waals surface area contributed by atoms with E-state index in [1.807, 2.05) is 0 Å². The molecule has 1 heterocycles. The molecule has 2 nitrogen and oxygen atoms in total. The van der Waals surface area contributed by atoms with Crippen LogP contribution in [-0.4, -0.2) is 24.3 Å². The smallest absolute Gasteiger partial charge is 0.123 e. The van der Waals surface area contributed by atoms with Gasteiger partial charge in [-0.1, -0.05) is 6.07 Å². The highest BCUT2D eigenvalue weighted by Crippen LogP contribution is 2.17. The van der Waals surface area contributed by atoms with Crippen LogP contribution in [0.25, 0.3) is 0 Å². The highest BCUT2D eigenvalue weighted by atomic mass is 19.1. The molecular formula is C12H16FNO. The normalized spacial score (nSPS) is 20.0. The zero-order valence-corrected chi connectivity index (χ0v) is 8.67. The molecule has 1 atom stereocenters. The second kappa shape index (κ2) is 4.73. The van der Waals surface area contributed by atoms with E-state index in [0.717, 1.165) is 30.5 Å². The molecule has 82 valence electrons. The van der Waals surface area contributed by atoms with Crippen LogP contribution in [-0.2, 0) is 12.8 Å². The maximum Gasteiger partial charge on any atom is 0.123 e. The predicted octanol–water partition coefficient (Wildman–Crippen LogP) is 1.26. The average molecular weight is 209 g/mol. The lowest BCUT2D eigenvalue weighted by molar-refractivity contribution is 0.298. The molecule has 0 radical (unpaired) electrons. The largest absolute Gasteiger partial charge is 0.396 e. The molecule has 1 saturated heterocycles. The summed E-state index contributed by atoms with van der Waals surface area (Å²) in [5, 5.41) is 12.2. The number of hydrogen-bond donors (Lipinski definition) is 2. The molecule has 1 aromatic rings. The first kappa shape index (κ1) is 10.6. The van der Waals surface area contributed by atoms with E-state index in [1.54, 1.807) is 12.1 Å². The van der Waals surface area contributed by atoms with Gasteiger partial charge in [0, 0.05) is 12.6 Å². The van der Waals surface area contributed by atoms with Crippen LogP contribution in [0.3, 0.4) is 0 Å². The van der Waals surface area contributed by atoms with E-state index in [1.165, 1.54) is 6.07 Å². The quantitative estimate of drug-likeness (QED) is 0.782. The minimum atomic E-state index is -0.189. The summed E-state index contributed by atoms with van der Waals surface area (Å²) < 4.78 is 13.1. The van der Waals surface area contributed by atoms with Gasteiger partial charge in [-0.15, -0.1) is 0 Å². The fraction of sp³-hybridized carbons (Fsp3) is 0.500. The van der Waals surface area contributed by atoms with Crippen LogP contribution < -0.4 is 5.32 Å². The number of aliphatic hydroxyl groups is 1. The molecule has 0 bridgehead atoms. The molecule has 1 aromatic carbocycles. The Labute approximate surface area is 89.1 Å². The zero-order valence-electron chi connectivity index (χ0n) is 8.67.